The minimum absolute atomic E-state index is 0.398. The second-order valence-corrected chi connectivity index (χ2v) is 6.51. The fourth-order valence-corrected chi connectivity index (χ4v) is 2.19. The van der Waals surface area contributed by atoms with Gasteiger partial charge in [0.25, 0.3) is 5.56 Å². The van der Waals surface area contributed by atoms with E-state index in [2.05, 4.69) is 9.84 Å². The van der Waals surface area contributed by atoms with Crippen LogP contribution < -0.4 is 9.74 Å². The highest BCUT2D eigenvalue weighted by molar-refractivity contribution is 7.84. The maximum Gasteiger partial charge on any atom is 0.384 e. The molecular formula is C14H15N3O6S. The molecule has 0 aliphatic rings. The average molecular weight is 353 g/mol. The van der Waals surface area contributed by atoms with E-state index in [0.29, 0.717) is 5.69 Å². The average Bonchev–Trinajstić information content (AvgIpc) is 2.54. The maximum atomic E-state index is 12.2. The van der Waals surface area contributed by atoms with Crippen molar-refractivity contribution in [3.05, 3.63) is 52.4 Å². The monoisotopic (exact) mass is 353 g/mol. The Morgan fingerprint density at radius 2 is 1.83 bits per heavy atom. The van der Waals surface area contributed by atoms with Crippen LogP contribution in [0.25, 0.3) is 5.69 Å². The van der Waals surface area contributed by atoms with E-state index < -0.39 is 33.3 Å². The van der Waals surface area contributed by atoms with Crippen LogP contribution in [0.2, 0.25) is 0 Å². The molecule has 0 radical (unpaired) electrons. The second kappa shape index (κ2) is 6.81. The predicted molar refractivity (Wildman–Crippen MR) is 84.4 cm³/mol. The molecule has 10 heteroatoms. The summed E-state index contributed by atoms with van der Waals surface area (Å²) >= 11 is 0. The van der Waals surface area contributed by atoms with Crippen LogP contribution in [0.3, 0.4) is 0 Å². The molecule has 128 valence electrons. The molecule has 0 amide bonds. The number of hydrogen-bond donors (Lipinski definition) is 0. The Kier molecular flexibility index (Phi) is 5.00. The lowest BCUT2D eigenvalue weighted by atomic mass is 10.3. The molecular weight excluding hydrogens is 338 g/mol. The highest BCUT2D eigenvalue weighted by Crippen LogP contribution is 2.18. The van der Waals surface area contributed by atoms with Gasteiger partial charge >= 0.3 is 16.3 Å². The minimum Gasteiger partial charge on any atom is -0.464 e. The first-order chi connectivity index (χ1) is 11.3. The molecule has 0 N–H and O–H groups in total. The molecule has 1 aromatic carbocycles. The summed E-state index contributed by atoms with van der Waals surface area (Å²) in [5, 5.41) is 3.88. The van der Waals surface area contributed by atoms with Gasteiger partial charge < -0.3 is 8.92 Å². The molecule has 24 heavy (non-hydrogen) atoms. The summed E-state index contributed by atoms with van der Waals surface area (Å²) in [6.45, 7) is 0. The third-order valence-corrected chi connectivity index (χ3v) is 4.20. The summed E-state index contributed by atoms with van der Waals surface area (Å²) in [4.78, 5) is 24.1. The number of benzene rings is 1. The van der Waals surface area contributed by atoms with Crippen molar-refractivity contribution in [2.75, 3.05) is 21.2 Å². The van der Waals surface area contributed by atoms with E-state index in [1.165, 1.54) is 14.1 Å². The molecule has 0 aliphatic heterocycles. The van der Waals surface area contributed by atoms with Gasteiger partial charge in [0.1, 0.15) is 0 Å². The van der Waals surface area contributed by atoms with Crippen LogP contribution in [0, 0.1) is 0 Å². The highest BCUT2D eigenvalue weighted by atomic mass is 32.2. The Labute approximate surface area is 138 Å². The Bertz CT molecular complexity index is 906. The zero-order chi connectivity index (χ0) is 17.9. The first kappa shape index (κ1) is 17.6. The fraction of sp³-hybridized carbons (Fsp3) is 0.214. The smallest absolute Gasteiger partial charge is 0.384 e. The standard InChI is InChI=1S/C14H15N3O6S/c1-16(2)24(20,21)23-11-9-12(18)17(10-7-5-4-6-8-10)15-13(11)14(19)22-3/h4-9H,1-3H3. The van der Waals surface area contributed by atoms with Crippen molar-refractivity contribution in [1.29, 1.82) is 0 Å². The first-order valence-corrected chi connectivity index (χ1v) is 8.03. The highest BCUT2D eigenvalue weighted by Gasteiger charge is 2.25. The molecule has 2 aromatic rings. The largest absolute Gasteiger partial charge is 0.464 e. The fourth-order valence-electron chi connectivity index (χ4n) is 1.68. The van der Waals surface area contributed by atoms with Crippen molar-refractivity contribution in [2.45, 2.75) is 0 Å². The number of ether oxygens (including phenoxy) is 1. The number of carbonyl (C=O) groups excluding carboxylic acids is 1. The molecule has 0 spiro atoms. The molecule has 0 aliphatic carbocycles. The molecule has 9 nitrogen and oxygen atoms in total. The van der Waals surface area contributed by atoms with Crippen LogP contribution in [0.4, 0.5) is 0 Å². The lowest BCUT2D eigenvalue weighted by molar-refractivity contribution is 0.0589. The number of methoxy groups -OCH3 is 1. The summed E-state index contributed by atoms with van der Waals surface area (Å²) < 4.78 is 34.8. The van der Waals surface area contributed by atoms with Crippen molar-refractivity contribution in [2.24, 2.45) is 0 Å². The van der Waals surface area contributed by atoms with Crippen molar-refractivity contribution in [3.8, 4) is 11.4 Å². The number of rotatable bonds is 5. The molecule has 0 unspecified atom stereocenters. The summed E-state index contributed by atoms with van der Waals surface area (Å²) in [6, 6.07) is 9.19. The summed E-state index contributed by atoms with van der Waals surface area (Å²) in [7, 11) is -0.585. The molecule has 2 rings (SSSR count). The van der Waals surface area contributed by atoms with Crippen LogP contribution in [0.1, 0.15) is 10.5 Å². The zero-order valence-electron chi connectivity index (χ0n) is 13.2. The topological polar surface area (TPSA) is 108 Å². The summed E-state index contributed by atoms with van der Waals surface area (Å²) in [6.07, 6.45) is 0. The number of esters is 1. The van der Waals surface area contributed by atoms with E-state index in [1.54, 1.807) is 30.3 Å². The van der Waals surface area contributed by atoms with Crippen molar-refractivity contribution in [3.63, 3.8) is 0 Å². The first-order valence-electron chi connectivity index (χ1n) is 6.66. The third-order valence-electron chi connectivity index (χ3n) is 2.92. The van der Waals surface area contributed by atoms with Gasteiger partial charge in [-0.1, -0.05) is 18.2 Å². The van der Waals surface area contributed by atoms with Crippen molar-refractivity contribution >= 4 is 16.3 Å². The van der Waals surface area contributed by atoms with E-state index in [9.17, 15) is 18.0 Å². The van der Waals surface area contributed by atoms with Gasteiger partial charge in [-0.2, -0.15) is 22.5 Å². The lowest BCUT2D eigenvalue weighted by Gasteiger charge is -2.14. The van der Waals surface area contributed by atoms with Gasteiger partial charge in [0.15, 0.2) is 5.75 Å². The van der Waals surface area contributed by atoms with Crippen LogP contribution in [0.5, 0.6) is 5.75 Å². The third kappa shape index (κ3) is 3.60. The van der Waals surface area contributed by atoms with Gasteiger partial charge in [-0.15, -0.1) is 0 Å². The van der Waals surface area contributed by atoms with Crippen LogP contribution in [-0.4, -0.2) is 49.7 Å². The number of nitrogens with zero attached hydrogens (tertiary/aromatic N) is 3. The maximum absolute atomic E-state index is 12.2. The van der Waals surface area contributed by atoms with Crippen molar-refractivity contribution in [1.82, 2.24) is 14.1 Å². The summed E-state index contributed by atoms with van der Waals surface area (Å²) in [5.41, 5.74) is -0.709. The van der Waals surface area contributed by atoms with Gasteiger partial charge in [0.05, 0.1) is 18.9 Å². The Morgan fingerprint density at radius 3 is 2.38 bits per heavy atom. The number of para-hydroxylation sites is 1. The molecule has 0 saturated heterocycles. The van der Waals surface area contributed by atoms with Gasteiger partial charge in [-0.25, -0.2) is 4.79 Å². The molecule has 0 fully saturated rings. The molecule has 1 aromatic heterocycles. The Morgan fingerprint density at radius 1 is 1.21 bits per heavy atom. The normalized spacial score (nSPS) is 11.3. The SMILES string of the molecule is COC(=O)c1nn(-c2ccccc2)c(=O)cc1OS(=O)(=O)N(C)C. The van der Waals surface area contributed by atoms with E-state index in [0.717, 1.165) is 22.2 Å². The zero-order valence-corrected chi connectivity index (χ0v) is 14.0. The van der Waals surface area contributed by atoms with Crippen LogP contribution >= 0.6 is 0 Å². The predicted octanol–water partition coefficient (Wildman–Crippen LogP) is 0.204. The van der Waals surface area contributed by atoms with Crippen molar-refractivity contribution < 1.29 is 22.1 Å². The van der Waals surface area contributed by atoms with Gasteiger partial charge in [0, 0.05) is 14.1 Å². The van der Waals surface area contributed by atoms with E-state index in [4.69, 9.17) is 4.18 Å². The van der Waals surface area contributed by atoms with Gasteiger partial charge in [0.2, 0.25) is 5.69 Å². The molecule has 0 atom stereocenters. The number of carbonyl (C=O) groups is 1. The van der Waals surface area contributed by atoms with E-state index >= 15 is 0 Å². The molecule has 1 heterocycles. The summed E-state index contributed by atoms with van der Waals surface area (Å²) in [5.74, 6) is -1.45. The van der Waals surface area contributed by atoms with Crippen LogP contribution in [0.15, 0.2) is 41.2 Å². The quantitative estimate of drug-likeness (QED) is 0.707. The van der Waals surface area contributed by atoms with Gasteiger partial charge in [-0.05, 0) is 12.1 Å². The van der Waals surface area contributed by atoms with E-state index in [1.807, 2.05) is 0 Å². The van der Waals surface area contributed by atoms with Crippen LogP contribution in [-0.2, 0) is 15.0 Å². The Hall–Kier alpha value is -2.72. The number of hydrogen-bond acceptors (Lipinski definition) is 7. The molecule has 0 bridgehead atoms. The number of aromatic nitrogens is 2. The second-order valence-electron chi connectivity index (χ2n) is 4.76. The van der Waals surface area contributed by atoms with Gasteiger partial charge in [-0.3, -0.25) is 4.79 Å². The Balaban J connectivity index is 2.63. The minimum atomic E-state index is -4.17. The molecule has 0 saturated carbocycles. The lowest BCUT2D eigenvalue weighted by Crippen LogP contribution is -2.30. The van der Waals surface area contributed by atoms with E-state index in [-0.39, 0.29) is 0 Å².